The highest BCUT2D eigenvalue weighted by molar-refractivity contribution is 7.89. The second-order valence-electron chi connectivity index (χ2n) is 8.49. The van der Waals surface area contributed by atoms with Gasteiger partial charge in [-0.1, -0.05) is 54.1 Å². The van der Waals surface area contributed by atoms with Crippen molar-refractivity contribution in [2.45, 2.75) is 17.9 Å². The van der Waals surface area contributed by atoms with Crippen molar-refractivity contribution in [2.75, 3.05) is 39.3 Å². The van der Waals surface area contributed by atoms with E-state index in [4.69, 9.17) is 16.3 Å². The van der Waals surface area contributed by atoms with Gasteiger partial charge in [-0.25, -0.2) is 17.2 Å². The standard InChI is InChI=1S/C26H27ClF2N2O3S/c1-19-7-9-22(18-23(19)27)35(32,33)31-13-11-30(12-14-31)15-16-34-26(20-5-3-2-4-6-20)21-8-10-24(28)25(29)17-21/h2-10,17-18,26H,11-16H2,1H3. The molecule has 5 nitrogen and oxygen atoms in total. The summed E-state index contributed by atoms with van der Waals surface area (Å²) in [7, 11) is -3.61. The SMILES string of the molecule is Cc1ccc(S(=O)(=O)N2CCN(CCOC(c3ccccc3)c3ccc(F)c(F)c3)CC2)cc1Cl. The van der Waals surface area contributed by atoms with Gasteiger partial charge in [0.25, 0.3) is 0 Å². The minimum Gasteiger partial charge on any atom is -0.367 e. The molecular weight excluding hydrogens is 494 g/mol. The van der Waals surface area contributed by atoms with Gasteiger partial charge in [0.1, 0.15) is 6.10 Å². The normalized spacial score (nSPS) is 16.3. The molecule has 0 bridgehead atoms. The topological polar surface area (TPSA) is 49.9 Å². The summed E-state index contributed by atoms with van der Waals surface area (Å²) in [6, 6.07) is 17.9. The van der Waals surface area contributed by atoms with Gasteiger partial charge < -0.3 is 4.74 Å². The Balaban J connectivity index is 1.36. The first-order valence-electron chi connectivity index (χ1n) is 11.4. The van der Waals surface area contributed by atoms with Crippen LogP contribution in [0.3, 0.4) is 0 Å². The fourth-order valence-electron chi connectivity index (χ4n) is 4.06. The molecule has 0 amide bonds. The van der Waals surface area contributed by atoms with E-state index >= 15 is 0 Å². The Kier molecular flexibility index (Phi) is 8.19. The predicted molar refractivity (Wildman–Crippen MR) is 132 cm³/mol. The van der Waals surface area contributed by atoms with E-state index in [0.29, 0.717) is 49.9 Å². The first-order valence-corrected chi connectivity index (χ1v) is 13.2. The zero-order chi connectivity index (χ0) is 25.0. The first-order chi connectivity index (χ1) is 16.8. The van der Waals surface area contributed by atoms with Crippen LogP contribution >= 0.6 is 11.6 Å². The van der Waals surface area contributed by atoms with Crippen molar-refractivity contribution in [3.8, 4) is 0 Å². The van der Waals surface area contributed by atoms with Crippen LogP contribution in [0.25, 0.3) is 0 Å². The Hall–Kier alpha value is -2.36. The van der Waals surface area contributed by atoms with Crippen molar-refractivity contribution < 1.29 is 21.9 Å². The molecule has 0 saturated carbocycles. The van der Waals surface area contributed by atoms with Crippen molar-refractivity contribution in [3.63, 3.8) is 0 Å². The molecule has 0 radical (unpaired) electrons. The van der Waals surface area contributed by atoms with Gasteiger partial charge in [0.05, 0.1) is 11.5 Å². The molecule has 0 N–H and O–H groups in total. The van der Waals surface area contributed by atoms with Gasteiger partial charge in [0.2, 0.25) is 10.0 Å². The first kappa shape index (κ1) is 25.7. The average Bonchev–Trinajstić information content (AvgIpc) is 2.86. The van der Waals surface area contributed by atoms with Gasteiger partial charge in [-0.05, 0) is 47.9 Å². The number of sulfonamides is 1. The van der Waals surface area contributed by atoms with Crippen LogP contribution in [0.4, 0.5) is 8.78 Å². The monoisotopic (exact) mass is 520 g/mol. The van der Waals surface area contributed by atoms with E-state index in [1.54, 1.807) is 12.1 Å². The maximum absolute atomic E-state index is 13.9. The van der Waals surface area contributed by atoms with Gasteiger partial charge in [-0.3, -0.25) is 4.90 Å². The summed E-state index contributed by atoms with van der Waals surface area (Å²) in [4.78, 5) is 2.32. The van der Waals surface area contributed by atoms with Gasteiger partial charge in [0, 0.05) is 37.7 Å². The molecule has 4 rings (SSSR count). The molecule has 1 atom stereocenters. The summed E-state index contributed by atoms with van der Waals surface area (Å²) in [6.45, 7) is 4.59. The minimum absolute atomic E-state index is 0.196. The summed E-state index contributed by atoms with van der Waals surface area (Å²) in [5.41, 5.74) is 2.20. The van der Waals surface area contributed by atoms with E-state index in [2.05, 4.69) is 4.90 Å². The van der Waals surface area contributed by atoms with Crippen LogP contribution in [0.15, 0.2) is 71.6 Å². The molecule has 0 spiro atoms. The zero-order valence-electron chi connectivity index (χ0n) is 19.3. The molecule has 1 aliphatic heterocycles. The van der Waals surface area contributed by atoms with E-state index in [1.807, 2.05) is 37.3 Å². The number of rotatable bonds is 8. The molecule has 1 aliphatic rings. The molecule has 35 heavy (non-hydrogen) atoms. The number of hydrogen-bond donors (Lipinski definition) is 0. The number of ether oxygens (including phenoxy) is 1. The van der Waals surface area contributed by atoms with Crippen LogP contribution in [0.5, 0.6) is 0 Å². The van der Waals surface area contributed by atoms with Crippen LogP contribution in [0, 0.1) is 18.6 Å². The number of benzene rings is 3. The van der Waals surface area contributed by atoms with E-state index < -0.39 is 27.8 Å². The van der Waals surface area contributed by atoms with E-state index in [9.17, 15) is 17.2 Å². The maximum atomic E-state index is 13.9. The van der Waals surface area contributed by atoms with Gasteiger partial charge in [0.15, 0.2) is 11.6 Å². The third-order valence-electron chi connectivity index (χ3n) is 6.15. The second-order valence-corrected chi connectivity index (χ2v) is 10.8. The highest BCUT2D eigenvalue weighted by atomic mass is 35.5. The van der Waals surface area contributed by atoms with Crippen LogP contribution in [-0.4, -0.2) is 57.0 Å². The lowest BCUT2D eigenvalue weighted by Gasteiger charge is -2.34. The summed E-state index contributed by atoms with van der Waals surface area (Å²) in [5.74, 6) is -1.82. The Labute approximate surface area is 209 Å². The number of aryl methyl sites for hydroxylation is 1. The summed E-state index contributed by atoms with van der Waals surface area (Å²) in [5, 5.41) is 0.427. The predicted octanol–water partition coefficient (Wildman–Crippen LogP) is 5.04. The molecular formula is C26H27ClF2N2O3S. The van der Waals surface area contributed by atoms with Crippen LogP contribution in [0.2, 0.25) is 5.02 Å². The number of nitrogens with zero attached hydrogens (tertiary/aromatic N) is 2. The highest BCUT2D eigenvalue weighted by Gasteiger charge is 2.29. The average molecular weight is 521 g/mol. The van der Waals surface area contributed by atoms with Crippen LogP contribution in [0.1, 0.15) is 22.8 Å². The quantitative estimate of drug-likeness (QED) is 0.417. The molecule has 3 aromatic rings. The molecule has 0 aliphatic carbocycles. The van der Waals surface area contributed by atoms with Gasteiger partial charge >= 0.3 is 0 Å². The summed E-state index contributed by atoms with van der Waals surface area (Å²) >= 11 is 6.13. The Morgan fingerprint density at radius 1 is 0.914 bits per heavy atom. The lowest BCUT2D eigenvalue weighted by Crippen LogP contribution is -2.49. The molecule has 9 heteroatoms. The minimum atomic E-state index is -3.61. The van der Waals surface area contributed by atoms with Gasteiger partial charge in [-0.2, -0.15) is 4.31 Å². The summed E-state index contributed by atoms with van der Waals surface area (Å²) in [6.07, 6.45) is -0.542. The molecule has 1 heterocycles. The Morgan fingerprint density at radius 2 is 1.63 bits per heavy atom. The fraction of sp³-hybridized carbons (Fsp3) is 0.308. The highest BCUT2D eigenvalue weighted by Crippen LogP contribution is 2.28. The van der Waals surface area contributed by atoms with Crippen LogP contribution < -0.4 is 0 Å². The van der Waals surface area contributed by atoms with Gasteiger partial charge in [-0.15, -0.1) is 0 Å². The number of halogens is 3. The third-order valence-corrected chi connectivity index (χ3v) is 8.45. The fourth-order valence-corrected chi connectivity index (χ4v) is 5.76. The lowest BCUT2D eigenvalue weighted by atomic mass is 10.0. The third kappa shape index (κ3) is 6.08. The molecule has 1 unspecified atom stereocenters. The molecule has 186 valence electrons. The Bertz CT molecular complexity index is 1270. The molecule has 1 fully saturated rings. The van der Waals surface area contributed by atoms with Crippen LogP contribution in [-0.2, 0) is 14.8 Å². The molecule has 0 aromatic heterocycles. The summed E-state index contributed by atoms with van der Waals surface area (Å²) < 4.78 is 60.9. The van der Waals surface area contributed by atoms with E-state index in [0.717, 1.165) is 23.3 Å². The maximum Gasteiger partial charge on any atom is 0.243 e. The van der Waals surface area contributed by atoms with E-state index in [-0.39, 0.29) is 4.90 Å². The smallest absolute Gasteiger partial charge is 0.243 e. The van der Waals surface area contributed by atoms with Crippen molar-refractivity contribution in [1.29, 1.82) is 0 Å². The van der Waals surface area contributed by atoms with Crippen molar-refractivity contribution >= 4 is 21.6 Å². The number of piperazine rings is 1. The van der Waals surface area contributed by atoms with Crippen molar-refractivity contribution in [2.24, 2.45) is 0 Å². The van der Waals surface area contributed by atoms with Crippen molar-refractivity contribution in [1.82, 2.24) is 9.21 Å². The number of hydrogen-bond acceptors (Lipinski definition) is 4. The molecule has 1 saturated heterocycles. The van der Waals surface area contributed by atoms with E-state index in [1.165, 1.54) is 16.4 Å². The lowest BCUT2D eigenvalue weighted by molar-refractivity contribution is 0.0525. The molecule has 3 aromatic carbocycles. The second kappa shape index (κ2) is 11.1. The zero-order valence-corrected chi connectivity index (χ0v) is 20.9. The Morgan fingerprint density at radius 3 is 2.29 bits per heavy atom. The largest absolute Gasteiger partial charge is 0.367 e. The van der Waals surface area contributed by atoms with Crippen molar-refractivity contribution in [3.05, 3.63) is 100 Å².